The van der Waals surface area contributed by atoms with E-state index in [4.69, 9.17) is 9.15 Å². The van der Waals surface area contributed by atoms with Crippen LogP contribution in [-0.2, 0) is 16.1 Å². The zero-order valence-corrected chi connectivity index (χ0v) is 21.1. The monoisotopic (exact) mass is 480 g/mol. The smallest absolute Gasteiger partial charge is 0.277 e. The third-order valence-corrected chi connectivity index (χ3v) is 6.91. The minimum atomic E-state index is 0.0307. The molecule has 1 aromatic heterocycles. The lowest BCUT2D eigenvalue weighted by Crippen LogP contribution is -2.38. The van der Waals surface area contributed by atoms with Crippen molar-refractivity contribution < 1.29 is 13.9 Å². The number of carbonyl (C=O) groups excluding carboxylic acids is 1. The number of amides is 1. The lowest BCUT2D eigenvalue weighted by Gasteiger charge is -2.25. The molecule has 0 unspecified atom stereocenters. The number of thioether (sulfide) groups is 1. The highest BCUT2D eigenvalue weighted by molar-refractivity contribution is 7.99. The second-order valence-electron chi connectivity index (χ2n) is 8.93. The normalized spacial score (nSPS) is 15.5. The molecule has 0 bridgehead atoms. The predicted octanol–water partition coefficient (Wildman–Crippen LogP) is 4.72. The summed E-state index contributed by atoms with van der Waals surface area (Å²) in [5, 5.41) is 8.70. The van der Waals surface area contributed by atoms with Crippen molar-refractivity contribution in [3.63, 3.8) is 0 Å². The van der Waals surface area contributed by atoms with E-state index >= 15 is 0 Å². The first kappa shape index (κ1) is 24.3. The van der Waals surface area contributed by atoms with Crippen LogP contribution in [0.15, 0.2) is 52.1 Å². The Morgan fingerprint density at radius 3 is 2.56 bits per heavy atom. The van der Waals surface area contributed by atoms with Gasteiger partial charge in [-0.15, -0.1) is 10.2 Å². The van der Waals surface area contributed by atoms with Crippen molar-refractivity contribution in [3.8, 4) is 11.5 Å². The number of aryl methyl sites for hydroxylation is 2. The van der Waals surface area contributed by atoms with E-state index in [-0.39, 0.29) is 17.8 Å². The summed E-state index contributed by atoms with van der Waals surface area (Å²) in [6.07, 6.45) is 2.12. The number of aromatic nitrogens is 2. The van der Waals surface area contributed by atoms with Gasteiger partial charge in [-0.25, -0.2) is 0 Å². The highest BCUT2D eigenvalue weighted by Gasteiger charge is 2.23. The Labute approximate surface area is 205 Å². The highest BCUT2D eigenvalue weighted by Crippen LogP contribution is 2.25. The van der Waals surface area contributed by atoms with E-state index < -0.39 is 0 Å². The van der Waals surface area contributed by atoms with E-state index in [0.717, 1.165) is 36.3 Å². The molecule has 4 rings (SSSR count). The second-order valence-corrected chi connectivity index (χ2v) is 9.86. The third kappa shape index (κ3) is 6.18. The van der Waals surface area contributed by atoms with Gasteiger partial charge in [0.2, 0.25) is 11.8 Å². The van der Waals surface area contributed by atoms with Crippen LogP contribution in [0.25, 0.3) is 11.5 Å². The van der Waals surface area contributed by atoms with Crippen molar-refractivity contribution in [2.45, 2.75) is 44.6 Å². The summed E-state index contributed by atoms with van der Waals surface area (Å²) in [5.41, 5.74) is 5.49. The molecule has 2 aromatic carbocycles. The topological polar surface area (TPSA) is 71.7 Å². The molecule has 0 saturated carbocycles. The zero-order valence-electron chi connectivity index (χ0n) is 20.3. The van der Waals surface area contributed by atoms with Gasteiger partial charge in [-0.3, -0.25) is 4.79 Å². The second kappa shape index (κ2) is 11.1. The van der Waals surface area contributed by atoms with Crippen molar-refractivity contribution in [2.24, 2.45) is 0 Å². The fourth-order valence-electron chi connectivity index (χ4n) is 3.88. The Kier molecular flexibility index (Phi) is 7.90. The molecule has 0 radical (unpaired) electrons. The SMILES string of the molecule is Cc1ccc(-c2nnc(SCC(=O)N(Cc3ccc(N(C)C)cc3)C[C@@H]3CCCO3)o2)cc1C. The Bertz CT molecular complexity index is 1110. The maximum Gasteiger partial charge on any atom is 0.277 e. The fourth-order valence-corrected chi connectivity index (χ4v) is 4.55. The molecule has 1 saturated heterocycles. The lowest BCUT2D eigenvalue weighted by molar-refractivity contribution is -0.130. The van der Waals surface area contributed by atoms with Gasteiger partial charge in [-0.2, -0.15) is 0 Å². The summed E-state index contributed by atoms with van der Waals surface area (Å²) < 4.78 is 11.6. The largest absolute Gasteiger partial charge is 0.411 e. The molecule has 0 N–H and O–H groups in total. The van der Waals surface area contributed by atoms with Gasteiger partial charge in [-0.05, 0) is 67.6 Å². The van der Waals surface area contributed by atoms with Crippen LogP contribution < -0.4 is 4.90 Å². The van der Waals surface area contributed by atoms with Crippen molar-refractivity contribution in [1.29, 1.82) is 0 Å². The first-order valence-corrected chi connectivity index (χ1v) is 12.6. The first-order chi connectivity index (χ1) is 16.4. The summed E-state index contributed by atoms with van der Waals surface area (Å²) in [6, 6.07) is 14.3. The van der Waals surface area contributed by atoms with Crippen molar-refractivity contribution in [1.82, 2.24) is 15.1 Å². The van der Waals surface area contributed by atoms with Crippen LogP contribution in [0.4, 0.5) is 5.69 Å². The van der Waals surface area contributed by atoms with Gasteiger partial charge in [0, 0.05) is 45.0 Å². The van der Waals surface area contributed by atoms with Crippen LogP contribution in [-0.4, -0.2) is 60.1 Å². The Balaban J connectivity index is 1.40. The summed E-state index contributed by atoms with van der Waals surface area (Å²) in [6.45, 7) is 6.03. The van der Waals surface area contributed by atoms with Crippen LogP contribution in [0.1, 0.15) is 29.5 Å². The van der Waals surface area contributed by atoms with E-state index in [1.165, 1.54) is 22.9 Å². The van der Waals surface area contributed by atoms with Crippen molar-refractivity contribution in [3.05, 3.63) is 59.2 Å². The summed E-state index contributed by atoms with van der Waals surface area (Å²) in [7, 11) is 4.03. The van der Waals surface area contributed by atoms with E-state index in [1.807, 2.05) is 37.2 Å². The van der Waals surface area contributed by atoms with Gasteiger partial charge in [0.1, 0.15) is 0 Å². The number of anilines is 1. The van der Waals surface area contributed by atoms with Crippen molar-refractivity contribution >= 4 is 23.4 Å². The quantitative estimate of drug-likeness (QED) is 0.410. The molecular formula is C26H32N4O3S. The number of nitrogens with zero attached hydrogens (tertiary/aromatic N) is 4. The van der Waals surface area contributed by atoms with Crippen LogP contribution in [0.5, 0.6) is 0 Å². The molecule has 0 aliphatic carbocycles. The number of hydrogen-bond acceptors (Lipinski definition) is 7. The molecule has 7 nitrogen and oxygen atoms in total. The number of hydrogen-bond donors (Lipinski definition) is 0. The average Bonchev–Trinajstić information content (AvgIpc) is 3.51. The molecule has 2 heterocycles. The van der Waals surface area contributed by atoms with Crippen LogP contribution in [0.3, 0.4) is 0 Å². The molecule has 3 aromatic rings. The molecular weight excluding hydrogens is 448 g/mol. The van der Waals surface area contributed by atoms with E-state index in [9.17, 15) is 4.79 Å². The molecule has 1 fully saturated rings. The Morgan fingerprint density at radius 1 is 1.09 bits per heavy atom. The average molecular weight is 481 g/mol. The molecule has 34 heavy (non-hydrogen) atoms. The summed E-state index contributed by atoms with van der Waals surface area (Å²) >= 11 is 1.28. The molecule has 0 spiro atoms. The van der Waals surface area contributed by atoms with E-state index in [1.54, 1.807) is 0 Å². The molecule has 1 aliphatic heterocycles. The van der Waals surface area contributed by atoms with Crippen LogP contribution >= 0.6 is 11.8 Å². The van der Waals surface area contributed by atoms with Gasteiger partial charge in [0.25, 0.3) is 5.22 Å². The highest BCUT2D eigenvalue weighted by atomic mass is 32.2. The van der Waals surface area contributed by atoms with Gasteiger partial charge in [0.15, 0.2) is 0 Å². The van der Waals surface area contributed by atoms with Gasteiger partial charge >= 0.3 is 0 Å². The molecule has 1 amide bonds. The van der Waals surface area contributed by atoms with Gasteiger partial charge in [0.05, 0.1) is 11.9 Å². The standard InChI is InChI=1S/C26H32N4O3S/c1-18-7-10-21(14-19(18)2)25-27-28-26(33-25)34-17-24(31)30(16-23-6-5-13-32-23)15-20-8-11-22(12-9-20)29(3)4/h7-12,14,23H,5-6,13,15-17H2,1-4H3/t23-/m0/s1. The van der Waals surface area contributed by atoms with Crippen LogP contribution in [0.2, 0.25) is 0 Å². The number of ether oxygens (including phenoxy) is 1. The van der Waals surface area contributed by atoms with Gasteiger partial charge < -0.3 is 19.0 Å². The number of benzene rings is 2. The van der Waals surface area contributed by atoms with E-state index in [0.29, 0.717) is 24.2 Å². The summed E-state index contributed by atoms with van der Waals surface area (Å²) in [5.74, 6) is 0.732. The molecule has 8 heteroatoms. The van der Waals surface area contributed by atoms with Crippen LogP contribution in [0, 0.1) is 13.8 Å². The van der Waals surface area contributed by atoms with E-state index in [2.05, 4.69) is 53.2 Å². The minimum absolute atomic E-state index is 0.0307. The lowest BCUT2D eigenvalue weighted by atomic mass is 10.1. The Hall–Kier alpha value is -2.84. The first-order valence-electron chi connectivity index (χ1n) is 11.6. The summed E-state index contributed by atoms with van der Waals surface area (Å²) in [4.78, 5) is 17.1. The molecule has 1 aliphatic rings. The number of rotatable bonds is 9. The predicted molar refractivity (Wildman–Crippen MR) is 135 cm³/mol. The van der Waals surface area contributed by atoms with Gasteiger partial charge in [-0.1, -0.05) is 30.0 Å². The number of carbonyl (C=O) groups is 1. The Morgan fingerprint density at radius 2 is 1.88 bits per heavy atom. The van der Waals surface area contributed by atoms with Crippen molar-refractivity contribution in [2.75, 3.05) is 37.9 Å². The minimum Gasteiger partial charge on any atom is -0.411 e. The molecule has 180 valence electrons. The maximum absolute atomic E-state index is 13.2. The molecule has 1 atom stereocenters. The third-order valence-electron chi connectivity index (χ3n) is 6.11. The fraction of sp³-hybridized carbons (Fsp3) is 0.423. The zero-order chi connectivity index (χ0) is 24.1. The maximum atomic E-state index is 13.2.